The molecule has 0 aromatic carbocycles. The summed E-state index contributed by atoms with van der Waals surface area (Å²) in [5, 5.41) is 0. The van der Waals surface area contributed by atoms with E-state index in [2.05, 4.69) is 18.9 Å². The zero-order valence-electron chi connectivity index (χ0n) is 8.91. The van der Waals surface area contributed by atoms with Gasteiger partial charge in [-0.15, -0.1) is 0 Å². The maximum Gasteiger partial charge on any atom is 0.222 e. The summed E-state index contributed by atoms with van der Waals surface area (Å²) < 4.78 is 0. The quantitative estimate of drug-likeness (QED) is 0.655. The molecule has 2 saturated heterocycles. The summed E-state index contributed by atoms with van der Waals surface area (Å²) in [5.74, 6) is 1.72. The lowest BCUT2D eigenvalue weighted by Gasteiger charge is -2.18. The molecule has 2 aliphatic heterocycles. The van der Waals surface area contributed by atoms with Gasteiger partial charge in [-0.25, -0.2) is 0 Å². The lowest BCUT2D eigenvalue weighted by Crippen LogP contribution is -2.31. The van der Waals surface area contributed by atoms with E-state index in [1.54, 1.807) is 0 Å². The van der Waals surface area contributed by atoms with Crippen LogP contribution >= 0.6 is 0 Å². The topological polar surface area (TPSA) is 23.6 Å². The van der Waals surface area contributed by atoms with Crippen molar-refractivity contribution >= 4 is 5.91 Å². The number of carbonyl (C=O) groups excluding carboxylic acids is 1. The van der Waals surface area contributed by atoms with Crippen LogP contribution in [0.2, 0.25) is 0 Å². The second-order valence-corrected chi connectivity index (χ2v) is 4.60. The lowest BCUT2D eigenvalue weighted by atomic mass is 10.0. The number of fused-ring (bicyclic) bond motifs is 1. The number of carbonyl (C=O) groups is 1. The maximum atomic E-state index is 11.7. The summed E-state index contributed by atoms with van der Waals surface area (Å²) in [5.41, 5.74) is 0. The smallest absolute Gasteiger partial charge is 0.222 e. The number of amides is 1. The second-order valence-electron chi connectivity index (χ2n) is 4.60. The standard InChI is InChI=1S/C11H19N2O/c1-3-4-11(14)13-7-9-5-12(2)6-10(9)8-13/h9-10H,2-8H2,1H3. The van der Waals surface area contributed by atoms with Crippen LogP contribution in [0, 0.1) is 18.9 Å². The summed E-state index contributed by atoms with van der Waals surface area (Å²) in [6.07, 6.45) is 1.68. The molecule has 2 unspecified atom stereocenters. The van der Waals surface area contributed by atoms with Gasteiger partial charge in [0.15, 0.2) is 0 Å². The average Bonchev–Trinajstić information content (AvgIpc) is 2.61. The number of rotatable bonds is 2. The molecule has 0 spiro atoms. The highest BCUT2D eigenvalue weighted by Crippen LogP contribution is 2.30. The molecule has 0 aliphatic carbocycles. The molecule has 3 heteroatoms. The Kier molecular flexibility index (Phi) is 2.77. The average molecular weight is 195 g/mol. The lowest BCUT2D eigenvalue weighted by molar-refractivity contribution is -0.130. The molecule has 0 saturated carbocycles. The maximum absolute atomic E-state index is 11.7. The summed E-state index contributed by atoms with van der Waals surface area (Å²) in [6.45, 7) is 6.14. The Morgan fingerprint density at radius 3 is 2.36 bits per heavy atom. The molecule has 2 heterocycles. The van der Waals surface area contributed by atoms with Crippen LogP contribution in [0.15, 0.2) is 0 Å². The third-order valence-electron chi connectivity index (χ3n) is 3.38. The molecule has 2 aliphatic rings. The summed E-state index contributed by atoms with van der Waals surface area (Å²) >= 11 is 0. The summed E-state index contributed by atoms with van der Waals surface area (Å²) in [4.78, 5) is 15.8. The largest absolute Gasteiger partial charge is 0.342 e. The molecule has 0 bridgehead atoms. The highest BCUT2D eigenvalue weighted by molar-refractivity contribution is 5.76. The van der Waals surface area contributed by atoms with E-state index >= 15 is 0 Å². The first-order valence-corrected chi connectivity index (χ1v) is 5.54. The fraction of sp³-hybridized carbons (Fsp3) is 0.818. The first kappa shape index (κ1) is 9.97. The van der Waals surface area contributed by atoms with E-state index in [0.717, 1.165) is 32.6 Å². The highest BCUT2D eigenvalue weighted by Gasteiger charge is 2.39. The van der Waals surface area contributed by atoms with E-state index in [4.69, 9.17) is 0 Å². The fourth-order valence-electron chi connectivity index (χ4n) is 2.67. The minimum absolute atomic E-state index is 0.345. The molecule has 0 aromatic rings. The van der Waals surface area contributed by atoms with Gasteiger partial charge in [0.05, 0.1) is 0 Å². The first-order chi connectivity index (χ1) is 6.70. The molecule has 3 nitrogen and oxygen atoms in total. The van der Waals surface area contributed by atoms with Gasteiger partial charge in [0, 0.05) is 39.6 Å². The Balaban J connectivity index is 1.88. The predicted molar refractivity (Wildman–Crippen MR) is 55.4 cm³/mol. The van der Waals surface area contributed by atoms with Crippen molar-refractivity contribution in [2.45, 2.75) is 19.8 Å². The molecule has 14 heavy (non-hydrogen) atoms. The first-order valence-electron chi connectivity index (χ1n) is 5.54. The van der Waals surface area contributed by atoms with Crippen molar-refractivity contribution < 1.29 is 4.79 Å². The molecular weight excluding hydrogens is 176 g/mol. The minimum atomic E-state index is 0.345. The molecular formula is C11H19N2O. The number of hydrogen-bond donors (Lipinski definition) is 0. The molecule has 1 amide bonds. The number of likely N-dealkylation sites (tertiary alicyclic amines) is 2. The molecule has 2 rings (SSSR count). The Hall–Kier alpha value is -0.570. The van der Waals surface area contributed by atoms with Gasteiger partial charge in [-0.05, 0) is 18.3 Å². The number of hydrogen-bond acceptors (Lipinski definition) is 2. The Morgan fingerprint density at radius 1 is 1.29 bits per heavy atom. The van der Waals surface area contributed by atoms with Gasteiger partial charge < -0.3 is 9.80 Å². The van der Waals surface area contributed by atoms with Crippen LogP contribution in [0.25, 0.3) is 0 Å². The molecule has 2 fully saturated rings. The van der Waals surface area contributed by atoms with Crippen LogP contribution in [0.5, 0.6) is 0 Å². The number of nitrogens with zero attached hydrogens (tertiary/aromatic N) is 2. The highest BCUT2D eigenvalue weighted by atomic mass is 16.2. The van der Waals surface area contributed by atoms with Gasteiger partial charge in [-0.3, -0.25) is 4.79 Å². The molecule has 0 N–H and O–H groups in total. The van der Waals surface area contributed by atoms with E-state index in [1.165, 1.54) is 0 Å². The van der Waals surface area contributed by atoms with E-state index in [9.17, 15) is 4.79 Å². The fourth-order valence-corrected chi connectivity index (χ4v) is 2.67. The van der Waals surface area contributed by atoms with Crippen molar-refractivity contribution in [1.82, 2.24) is 9.80 Å². The summed E-state index contributed by atoms with van der Waals surface area (Å²) in [6, 6.07) is 0. The van der Waals surface area contributed by atoms with Crippen LogP contribution < -0.4 is 0 Å². The molecule has 2 atom stereocenters. The molecule has 1 radical (unpaired) electrons. The van der Waals surface area contributed by atoms with Crippen LogP contribution in [-0.4, -0.2) is 41.9 Å². The van der Waals surface area contributed by atoms with Crippen LogP contribution in [0.3, 0.4) is 0 Å². The zero-order chi connectivity index (χ0) is 10.1. The zero-order valence-corrected chi connectivity index (χ0v) is 8.91. The molecule has 0 aromatic heterocycles. The van der Waals surface area contributed by atoms with Crippen LogP contribution in [0.4, 0.5) is 0 Å². The van der Waals surface area contributed by atoms with E-state index < -0.39 is 0 Å². The van der Waals surface area contributed by atoms with Gasteiger partial charge in [0.25, 0.3) is 0 Å². The second kappa shape index (κ2) is 3.89. The van der Waals surface area contributed by atoms with Gasteiger partial charge in [-0.2, -0.15) is 0 Å². The van der Waals surface area contributed by atoms with E-state index in [1.807, 2.05) is 4.90 Å². The van der Waals surface area contributed by atoms with E-state index in [0.29, 0.717) is 24.2 Å². The molecule has 79 valence electrons. The third-order valence-corrected chi connectivity index (χ3v) is 3.38. The van der Waals surface area contributed by atoms with Crippen molar-refractivity contribution in [3.63, 3.8) is 0 Å². The van der Waals surface area contributed by atoms with Gasteiger partial charge in [0.1, 0.15) is 0 Å². The van der Waals surface area contributed by atoms with Crippen LogP contribution in [-0.2, 0) is 4.79 Å². The van der Waals surface area contributed by atoms with Crippen molar-refractivity contribution in [3.05, 3.63) is 7.05 Å². The van der Waals surface area contributed by atoms with Gasteiger partial charge >= 0.3 is 0 Å². The van der Waals surface area contributed by atoms with Crippen molar-refractivity contribution in [2.24, 2.45) is 11.8 Å². The SMILES string of the molecule is [CH2]N1CC2CN(C(=O)CCC)CC2C1. The Morgan fingerprint density at radius 2 is 1.86 bits per heavy atom. The van der Waals surface area contributed by atoms with Crippen molar-refractivity contribution in [3.8, 4) is 0 Å². The minimum Gasteiger partial charge on any atom is -0.342 e. The van der Waals surface area contributed by atoms with Crippen LogP contribution in [0.1, 0.15) is 19.8 Å². The normalized spacial score (nSPS) is 32.3. The van der Waals surface area contributed by atoms with E-state index in [-0.39, 0.29) is 0 Å². The predicted octanol–water partition coefficient (Wildman–Crippen LogP) is 0.968. The monoisotopic (exact) mass is 195 g/mol. The summed E-state index contributed by atoms with van der Waals surface area (Å²) in [7, 11) is 3.96. The van der Waals surface area contributed by atoms with Gasteiger partial charge in [0.2, 0.25) is 5.91 Å². The third kappa shape index (κ3) is 1.78. The Bertz CT molecular complexity index is 215. The van der Waals surface area contributed by atoms with Crippen molar-refractivity contribution in [2.75, 3.05) is 26.2 Å². The van der Waals surface area contributed by atoms with Gasteiger partial charge in [-0.1, -0.05) is 6.92 Å². The Labute approximate surface area is 86.1 Å². The van der Waals surface area contributed by atoms with Crippen molar-refractivity contribution in [1.29, 1.82) is 0 Å².